The number of aromatic nitrogens is 1. The largest absolute Gasteiger partial charge is 0.497 e. The molecule has 1 aliphatic carbocycles. The van der Waals surface area contributed by atoms with Gasteiger partial charge in [0.1, 0.15) is 5.75 Å². The highest BCUT2D eigenvalue weighted by Crippen LogP contribution is 2.50. The molecular weight excluding hydrogens is 314 g/mol. The SMILES string of the molecule is COc1ccc2[nH]cc(C3(CNC(=O)Nc4ccccc4)CC3)c2c1. The van der Waals surface area contributed by atoms with Crippen molar-refractivity contribution in [3.8, 4) is 5.75 Å². The molecule has 1 aromatic heterocycles. The van der Waals surface area contributed by atoms with Crippen molar-refractivity contribution in [2.75, 3.05) is 19.0 Å². The zero-order valence-corrected chi connectivity index (χ0v) is 14.1. The van der Waals surface area contributed by atoms with Crippen molar-refractivity contribution in [1.29, 1.82) is 0 Å². The van der Waals surface area contributed by atoms with E-state index < -0.39 is 0 Å². The lowest BCUT2D eigenvalue weighted by Gasteiger charge is -2.16. The van der Waals surface area contributed by atoms with E-state index in [0.29, 0.717) is 6.54 Å². The summed E-state index contributed by atoms with van der Waals surface area (Å²) in [6, 6.07) is 15.3. The Morgan fingerprint density at radius 2 is 2.00 bits per heavy atom. The summed E-state index contributed by atoms with van der Waals surface area (Å²) in [4.78, 5) is 15.5. The number of carbonyl (C=O) groups is 1. The van der Waals surface area contributed by atoms with Crippen LogP contribution in [-0.4, -0.2) is 24.7 Å². The topological polar surface area (TPSA) is 66.1 Å². The predicted octanol–water partition coefficient (Wildman–Crippen LogP) is 4.03. The van der Waals surface area contributed by atoms with Crippen molar-refractivity contribution < 1.29 is 9.53 Å². The standard InChI is InChI=1S/C20H21N3O2/c1-25-15-7-8-18-16(11-15)17(12-21-18)20(9-10-20)13-22-19(24)23-14-5-3-2-4-6-14/h2-8,11-12,21H,9-10,13H2,1H3,(H2,22,23,24). The Kier molecular flexibility index (Phi) is 3.84. The summed E-state index contributed by atoms with van der Waals surface area (Å²) < 4.78 is 5.35. The molecule has 0 unspecified atom stereocenters. The van der Waals surface area contributed by atoms with Gasteiger partial charge in [-0.3, -0.25) is 0 Å². The van der Waals surface area contributed by atoms with E-state index in [2.05, 4.69) is 27.9 Å². The highest BCUT2D eigenvalue weighted by Gasteiger charge is 2.45. The maximum atomic E-state index is 12.2. The van der Waals surface area contributed by atoms with Gasteiger partial charge in [-0.05, 0) is 48.7 Å². The minimum absolute atomic E-state index is 0.0125. The zero-order valence-electron chi connectivity index (χ0n) is 14.1. The second-order valence-corrected chi connectivity index (χ2v) is 6.57. The Morgan fingerprint density at radius 3 is 2.72 bits per heavy atom. The molecular formula is C20H21N3O2. The molecule has 2 amide bonds. The maximum absolute atomic E-state index is 12.2. The Bertz CT molecular complexity index is 898. The van der Waals surface area contributed by atoms with Crippen LogP contribution in [0.3, 0.4) is 0 Å². The fourth-order valence-corrected chi connectivity index (χ4v) is 3.30. The number of nitrogens with one attached hydrogen (secondary N) is 3. The third-order valence-electron chi connectivity index (χ3n) is 4.93. The van der Waals surface area contributed by atoms with Gasteiger partial charge in [0.2, 0.25) is 0 Å². The summed E-state index contributed by atoms with van der Waals surface area (Å²) in [5.41, 5.74) is 3.15. The first-order valence-corrected chi connectivity index (χ1v) is 8.46. The number of fused-ring (bicyclic) bond motifs is 1. The third kappa shape index (κ3) is 3.05. The monoisotopic (exact) mass is 335 g/mol. The molecule has 0 saturated heterocycles. The van der Waals surface area contributed by atoms with Crippen molar-refractivity contribution in [1.82, 2.24) is 10.3 Å². The van der Waals surface area contributed by atoms with E-state index in [1.807, 2.05) is 42.5 Å². The minimum Gasteiger partial charge on any atom is -0.497 e. The number of aromatic amines is 1. The highest BCUT2D eigenvalue weighted by molar-refractivity contribution is 5.90. The van der Waals surface area contributed by atoms with E-state index in [1.54, 1.807) is 7.11 Å². The first kappa shape index (κ1) is 15.6. The van der Waals surface area contributed by atoms with Crippen LogP contribution in [0.1, 0.15) is 18.4 Å². The molecule has 0 radical (unpaired) electrons. The summed E-state index contributed by atoms with van der Waals surface area (Å²) >= 11 is 0. The van der Waals surface area contributed by atoms with Crippen molar-refractivity contribution in [3.05, 3.63) is 60.3 Å². The second kappa shape index (κ2) is 6.16. The van der Waals surface area contributed by atoms with Gasteiger partial charge in [-0.2, -0.15) is 0 Å². The van der Waals surface area contributed by atoms with Gasteiger partial charge in [0, 0.05) is 34.7 Å². The molecule has 0 spiro atoms. The molecule has 1 saturated carbocycles. The number of para-hydroxylation sites is 1. The van der Waals surface area contributed by atoms with Crippen LogP contribution in [0.5, 0.6) is 5.75 Å². The highest BCUT2D eigenvalue weighted by atomic mass is 16.5. The first-order valence-electron chi connectivity index (χ1n) is 8.46. The predicted molar refractivity (Wildman–Crippen MR) is 99.2 cm³/mol. The maximum Gasteiger partial charge on any atom is 0.319 e. The lowest BCUT2D eigenvalue weighted by molar-refractivity contribution is 0.251. The Balaban J connectivity index is 1.48. The molecule has 3 aromatic rings. The van der Waals surface area contributed by atoms with Crippen LogP contribution in [0, 0.1) is 0 Å². The van der Waals surface area contributed by atoms with E-state index in [1.165, 1.54) is 10.9 Å². The van der Waals surface area contributed by atoms with Gasteiger partial charge in [0.05, 0.1) is 7.11 Å². The van der Waals surface area contributed by atoms with Crippen molar-refractivity contribution in [3.63, 3.8) is 0 Å². The van der Waals surface area contributed by atoms with Crippen LogP contribution >= 0.6 is 0 Å². The molecule has 0 aliphatic heterocycles. The fraction of sp³-hybridized carbons (Fsp3) is 0.250. The van der Waals surface area contributed by atoms with Crippen LogP contribution in [-0.2, 0) is 5.41 Å². The Hall–Kier alpha value is -2.95. The quantitative estimate of drug-likeness (QED) is 0.659. The molecule has 128 valence electrons. The van der Waals surface area contributed by atoms with Crippen molar-refractivity contribution in [2.45, 2.75) is 18.3 Å². The van der Waals surface area contributed by atoms with Crippen molar-refractivity contribution >= 4 is 22.6 Å². The summed E-state index contributed by atoms with van der Waals surface area (Å²) in [7, 11) is 1.68. The molecule has 3 N–H and O–H groups in total. The number of urea groups is 1. The summed E-state index contributed by atoms with van der Waals surface area (Å²) in [5, 5.41) is 7.05. The van der Waals surface area contributed by atoms with Gasteiger partial charge in [-0.1, -0.05) is 18.2 Å². The zero-order chi connectivity index (χ0) is 17.3. The lowest BCUT2D eigenvalue weighted by atomic mass is 9.95. The number of anilines is 1. The molecule has 0 bridgehead atoms. The van der Waals surface area contributed by atoms with E-state index in [-0.39, 0.29) is 11.4 Å². The lowest BCUT2D eigenvalue weighted by Crippen LogP contribution is -2.35. The number of amides is 2. The normalized spacial score (nSPS) is 14.9. The first-order chi connectivity index (χ1) is 12.2. The molecule has 2 aromatic carbocycles. The van der Waals surface area contributed by atoms with Crippen LogP contribution in [0.4, 0.5) is 10.5 Å². The van der Waals surface area contributed by atoms with Gasteiger partial charge in [-0.25, -0.2) is 4.79 Å². The molecule has 25 heavy (non-hydrogen) atoms. The number of ether oxygens (including phenoxy) is 1. The minimum atomic E-state index is -0.171. The molecule has 1 aliphatic rings. The van der Waals surface area contributed by atoms with Gasteiger partial charge in [0.25, 0.3) is 0 Å². The molecule has 5 heteroatoms. The average Bonchev–Trinajstić information content (AvgIpc) is 3.31. The van der Waals surface area contributed by atoms with Gasteiger partial charge >= 0.3 is 6.03 Å². The molecule has 5 nitrogen and oxygen atoms in total. The number of H-pyrrole nitrogens is 1. The smallest absolute Gasteiger partial charge is 0.319 e. The number of hydrogen-bond acceptors (Lipinski definition) is 2. The van der Waals surface area contributed by atoms with E-state index in [0.717, 1.165) is 29.8 Å². The molecule has 1 heterocycles. The fourth-order valence-electron chi connectivity index (χ4n) is 3.30. The van der Waals surface area contributed by atoms with Gasteiger partial charge in [0.15, 0.2) is 0 Å². The second-order valence-electron chi connectivity index (χ2n) is 6.57. The van der Waals surface area contributed by atoms with Crippen LogP contribution < -0.4 is 15.4 Å². The van der Waals surface area contributed by atoms with Gasteiger partial charge < -0.3 is 20.4 Å². The summed E-state index contributed by atoms with van der Waals surface area (Å²) in [6.07, 6.45) is 4.21. The van der Waals surface area contributed by atoms with Crippen LogP contribution in [0.2, 0.25) is 0 Å². The molecule has 0 atom stereocenters. The van der Waals surface area contributed by atoms with Gasteiger partial charge in [-0.15, -0.1) is 0 Å². The Morgan fingerprint density at radius 1 is 1.20 bits per heavy atom. The number of rotatable bonds is 5. The summed E-state index contributed by atoms with van der Waals surface area (Å²) in [5.74, 6) is 0.846. The number of hydrogen-bond donors (Lipinski definition) is 3. The number of benzene rings is 2. The molecule has 1 fully saturated rings. The molecule has 4 rings (SSSR count). The third-order valence-corrected chi connectivity index (χ3v) is 4.93. The van der Waals surface area contributed by atoms with E-state index in [4.69, 9.17) is 4.74 Å². The van der Waals surface area contributed by atoms with E-state index in [9.17, 15) is 4.79 Å². The van der Waals surface area contributed by atoms with E-state index >= 15 is 0 Å². The Labute approximate surface area is 146 Å². The van der Waals surface area contributed by atoms with Crippen LogP contribution in [0.25, 0.3) is 10.9 Å². The number of methoxy groups -OCH3 is 1. The number of carbonyl (C=O) groups excluding carboxylic acids is 1. The summed E-state index contributed by atoms with van der Waals surface area (Å²) in [6.45, 7) is 0.621. The van der Waals surface area contributed by atoms with Crippen molar-refractivity contribution in [2.24, 2.45) is 0 Å². The average molecular weight is 335 g/mol. The van der Waals surface area contributed by atoms with Crippen LogP contribution in [0.15, 0.2) is 54.7 Å².